The predicted octanol–water partition coefficient (Wildman–Crippen LogP) is 7.16. The summed E-state index contributed by atoms with van der Waals surface area (Å²) in [5.74, 6) is 3.45. The zero-order valence-corrected chi connectivity index (χ0v) is 26.0. The van der Waals surface area contributed by atoms with Gasteiger partial charge in [-0.25, -0.2) is 15.0 Å². The molecule has 2 bridgehead atoms. The number of thiazole rings is 1. The maximum Gasteiger partial charge on any atom is 0.254 e. The first-order valence-corrected chi connectivity index (χ1v) is 16.5. The zero-order chi connectivity index (χ0) is 29.7. The van der Waals surface area contributed by atoms with Crippen LogP contribution in [-0.4, -0.2) is 54.6 Å². The third-order valence-corrected chi connectivity index (χ3v) is 11.2. The van der Waals surface area contributed by atoms with Gasteiger partial charge in [-0.05, 0) is 85.9 Å². The van der Waals surface area contributed by atoms with Gasteiger partial charge in [-0.15, -0.1) is 11.3 Å². The summed E-state index contributed by atoms with van der Waals surface area (Å²) >= 11 is 1.65. The van der Waals surface area contributed by atoms with Crippen LogP contribution in [0.2, 0.25) is 0 Å². The lowest BCUT2D eigenvalue weighted by atomic mass is 10.0. The Morgan fingerprint density at radius 1 is 1.02 bits per heavy atom. The Morgan fingerprint density at radius 3 is 2.68 bits per heavy atom. The highest BCUT2D eigenvalue weighted by Gasteiger charge is 2.46. The second kappa shape index (κ2) is 9.63. The minimum Gasteiger partial charge on any atom is -0.494 e. The van der Waals surface area contributed by atoms with Crippen LogP contribution in [0.25, 0.3) is 55.1 Å². The summed E-state index contributed by atoms with van der Waals surface area (Å²) in [4.78, 5) is 30.8. The SMILES string of the molecule is COc1cc(C(=O)N2CC3CCC2[C@@H]3C)cc2nc(-c3cc4ccc(-c5ccc6scnc6c5)nc4n3CC3CC3)n(C)c12. The molecule has 6 aromatic rings. The maximum atomic E-state index is 13.8. The van der Waals surface area contributed by atoms with E-state index in [0.717, 1.165) is 69.9 Å². The molecule has 2 aliphatic carbocycles. The molecule has 2 saturated carbocycles. The van der Waals surface area contributed by atoms with Gasteiger partial charge in [-0.2, -0.15) is 0 Å². The van der Waals surface area contributed by atoms with E-state index in [2.05, 4.69) is 62.3 Å². The molecule has 0 N–H and O–H groups in total. The standard InChI is InChI=1S/C35H34N6O2S/c1-19-23-7-10-28(19)41(17-23)35(42)24-13-27-32(30(15-24)43-3)39(2)34(38-27)29-14-22-6-9-25(37-33(22)40(29)16-20-4-5-20)21-8-11-31-26(12-21)36-18-44-31/h6,8-9,11-15,18-20,23,28H,4-5,7,10,16-17H2,1-3H3/t19-,23?,28?/m1/s1. The third kappa shape index (κ3) is 3.94. The van der Waals surface area contributed by atoms with E-state index in [9.17, 15) is 4.79 Å². The Kier molecular flexibility index (Phi) is 5.73. The number of fused-ring (bicyclic) bond motifs is 5. The number of ether oxygens (including phenoxy) is 1. The molecule has 1 amide bonds. The summed E-state index contributed by atoms with van der Waals surface area (Å²) < 4.78 is 11.5. The molecular formula is C35H34N6O2S. The molecule has 1 aliphatic heterocycles. The fourth-order valence-corrected chi connectivity index (χ4v) is 8.42. The fraction of sp³-hybridized carbons (Fsp3) is 0.371. The van der Waals surface area contributed by atoms with Gasteiger partial charge in [-0.1, -0.05) is 13.0 Å². The number of benzene rings is 2. The number of aromatic nitrogens is 5. The number of likely N-dealkylation sites (tertiary alicyclic amines) is 1. The van der Waals surface area contributed by atoms with Crippen molar-refractivity contribution < 1.29 is 9.53 Å². The molecule has 3 atom stereocenters. The van der Waals surface area contributed by atoms with E-state index in [-0.39, 0.29) is 5.91 Å². The molecule has 3 aliphatic rings. The number of hydrogen-bond donors (Lipinski definition) is 0. The third-order valence-electron chi connectivity index (χ3n) is 10.4. The van der Waals surface area contributed by atoms with Gasteiger partial charge in [0.1, 0.15) is 16.9 Å². The highest BCUT2D eigenvalue weighted by molar-refractivity contribution is 7.16. The fourth-order valence-electron chi connectivity index (χ4n) is 7.76. The lowest BCUT2D eigenvalue weighted by Gasteiger charge is -2.27. The van der Waals surface area contributed by atoms with Crippen molar-refractivity contribution in [3.05, 3.63) is 59.6 Å². The molecular weight excluding hydrogens is 568 g/mol. The second-order valence-corrected chi connectivity index (χ2v) is 13.9. The number of piperidine rings is 1. The van der Waals surface area contributed by atoms with Gasteiger partial charge in [0.05, 0.1) is 39.7 Å². The van der Waals surface area contributed by atoms with Crippen LogP contribution in [0, 0.1) is 17.8 Å². The summed E-state index contributed by atoms with van der Waals surface area (Å²) in [5, 5.41) is 1.09. The van der Waals surface area contributed by atoms with E-state index in [0.29, 0.717) is 35.1 Å². The van der Waals surface area contributed by atoms with Crippen LogP contribution < -0.4 is 4.74 Å². The zero-order valence-electron chi connectivity index (χ0n) is 25.2. The first-order chi connectivity index (χ1) is 21.5. The minimum atomic E-state index is 0.0897. The Labute approximate surface area is 259 Å². The van der Waals surface area contributed by atoms with Crippen LogP contribution in [0.1, 0.15) is 43.0 Å². The maximum absolute atomic E-state index is 13.8. The smallest absolute Gasteiger partial charge is 0.254 e. The number of pyridine rings is 1. The Bertz CT molecular complexity index is 2120. The van der Waals surface area contributed by atoms with Gasteiger partial charge < -0.3 is 18.8 Å². The Hall–Kier alpha value is -4.24. The first kappa shape index (κ1) is 26.2. The lowest BCUT2D eigenvalue weighted by Crippen LogP contribution is -2.38. The van der Waals surface area contributed by atoms with E-state index in [1.807, 2.05) is 24.7 Å². The van der Waals surface area contributed by atoms with Gasteiger partial charge in [-0.3, -0.25) is 4.79 Å². The van der Waals surface area contributed by atoms with Crippen LogP contribution in [-0.2, 0) is 13.6 Å². The molecule has 4 aromatic heterocycles. The van der Waals surface area contributed by atoms with Crippen molar-refractivity contribution in [3.63, 3.8) is 0 Å². The summed E-state index contributed by atoms with van der Waals surface area (Å²) in [6.07, 6.45) is 4.80. The lowest BCUT2D eigenvalue weighted by molar-refractivity contribution is 0.0696. The van der Waals surface area contributed by atoms with E-state index in [4.69, 9.17) is 14.7 Å². The van der Waals surface area contributed by atoms with E-state index in [1.54, 1.807) is 18.4 Å². The monoisotopic (exact) mass is 602 g/mol. The van der Waals surface area contributed by atoms with Crippen molar-refractivity contribution in [2.75, 3.05) is 13.7 Å². The molecule has 5 heterocycles. The number of methoxy groups -OCH3 is 1. The molecule has 3 fully saturated rings. The highest BCUT2D eigenvalue weighted by atomic mass is 32.1. The number of nitrogens with zero attached hydrogens (tertiary/aromatic N) is 6. The van der Waals surface area contributed by atoms with E-state index >= 15 is 0 Å². The van der Waals surface area contributed by atoms with Crippen molar-refractivity contribution >= 4 is 49.5 Å². The molecule has 9 rings (SSSR count). The van der Waals surface area contributed by atoms with Crippen molar-refractivity contribution in [3.8, 4) is 28.5 Å². The molecule has 0 spiro atoms. The van der Waals surface area contributed by atoms with Crippen molar-refractivity contribution in [2.45, 2.75) is 45.2 Å². The molecule has 9 heteroatoms. The molecule has 2 aromatic carbocycles. The topological polar surface area (TPSA) is 78.1 Å². The van der Waals surface area contributed by atoms with Crippen molar-refractivity contribution in [2.24, 2.45) is 24.8 Å². The van der Waals surface area contributed by atoms with Crippen molar-refractivity contribution in [1.82, 2.24) is 29.0 Å². The second-order valence-electron chi connectivity index (χ2n) is 13.0. The Morgan fingerprint density at radius 2 is 1.91 bits per heavy atom. The molecule has 44 heavy (non-hydrogen) atoms. The van der Waals surface area contributed by atoms with Crippen LogP contribution in [0.4, 0.5) is 0 Å². The number of imidazole rings is 1. The molecule has 0 radical (unpaired) electrons. The summed E-state index contributed by atoms with van der Waals surface area (Å²) in [6, 6.07) is 17.1. The average Bonchev–Trinajstić information content (AvgIpc) is 3.34. The van der Waals surface area contributed by atoms with Crippen LogP contribution in [0.5, 0.6) is 5.75 Å². The van der Waals surface area contributed by atoms with Crippen LogP contribution in [0.15, 0.2) is 54.0 Å². The summed E-state index contributed by atoms with van der Waals surface area (Å²) in [7, 11) is 3.71. The normalized spacial score (nSPS) is 21.3. The van der Waals surface area contributed by atoms with Gasteiger partial charge in [0, 0.05) is 42.7 Å². The number of hydrogen-bond acceptors (Lipinski definition) is 6. The summed E-state index contributed by atoms with van der Waals surface area (Å²) in [5.41, 5.74) is 9.22. The largest absolute Gasteiger partial charge is 0.494 e. The van der Waals surface area contributed by atoms with Crippen molar-refractivity contribution in [1.29, 1.82) is 0 Å². The van der Waals surface area contributed by atoms with Gasteiger partial charge in [0.2, 0.25) is 0 Å². The van der Waals surface area contributed by atoms with Gasteiger partial charge >= 0.3 is 0 Å². The number of aryl methyl sites for hydroxylation is 1. The van der Waals surface area contributed by atoms with E-state index < -0.39 is 0 Å². The number of carbonyl (C=O) groups excluding carboxylic acids is 1. The van der Waals surface area contributed by atoms with Gasteiger partial charge in [0.25, 0.3) is 5.91 Å². The van der Waals surface area contributed by atoms with E-state index in [1.165, 1.54) is 24.0 Å². The number of rotatable bonds is 6. The predicted molar refractivity (Wildman–Crippen MR) is 174 cm³/mol. The summed E-state index contributed by atoms with van der Waals surface area (Å²) in [6.45, 7) is 4.05. The molecule has 8 nitrogen and oxygen atoms in total. The molecule has 2 unspecified atom stereocenters. The first-order valence-electron chi connectivity index (χ1n) is 15.7. The van der Waals surface area contributed by atoms with Gasteiger partial charge in [0.15, 0.2) is 5.82 Å². The minimum absolute atomic E-state index is 0.0897. The average molecular weight is 603 g/mol. The molecule has 222 valence electrons. The highest BCUT2D eigenvalue weighted by Crippen LogP contribution is 2.44. The Balaban J connectivity index is 1.16. The quantitative estimate of drug-likeness (QED) is 0.202. The number of amides is 1. The van der Waals surface area contributed by atoms with Crippen LogP contribution >= 0.6 is 11.3 Å². The van der Waals surface area contributed by atoms with Crippen LogP contribution in [0.3, 0.4) is 0 Å². The molecule has 1 saturated heterocycles. The number of carbonyl (C=O) groups is 1.